The number of methoxy groups -OCH3 is 4. The lowest BCUT2D eigenvalue weighted by Crippen LogP contribution is -2.82. The van der Waals surface area contributed by atoms with E-state index in [1.165, 1.54) is 0 Å². The van der Waals surface area contributed by atoms with Gasteiger partial charge in [-0.1, -0.05) is 19.1 Å². The molecule has 1 aromatic carbocycles. The quantitative estimate of drug-likeness (QED) is 0.233. The number of para-hydroxylation sites is 1. The van der Waals surface area contributed by atoms with E-state index in [2.05, 4.69) is 17.1 Å². The Morgan fingerprint density at radius 3 is 2.45 bits per heavy atom. The second kappa shape index (κ2) is 12.2. The van der Waals surface area contributed by atoms with Crippen LogP contribution in [0.3, 0.4) is 0 Å². The smallest absolute Gasteiger partial charge is 0.340 e. The fraction of sp³-hybridized carbons (Fsp3) is 0.750. The molecule has 1 heterocycles. The van der Waals surface area contributed by atoms with Gasteiger partial charge in [-0.15, -0.1) is 0 Å². The van der Waals surface area contributed by atoms with Crippen molar-refractivity contribution in [2.75, 3.05) is 53.5 Å². The highest BCUT2D eigenvalue weighted by Crippen LogP contribution is 2.80. The molecule has 5 saturated carbocycles. The average Bonchev–Trinajstić information content (AvgIpc) is 3.51. The van der Waals surface area contributed by atoms with Gasteiger partial charge in [0.25, 0.3) is 0 Å². The van der Waals surface area contributed by atoms with E-state index in [0.717, 1.165) is 6.42 Å². The molecule has 7 bridgehead atoms. The maximum Gasteiger partial charge on any atom is 0.340 e. The zero-order valence-electron chi connectivity index (χ0n) is 29.1. The van der Waals surface area contributed by atoms with Crippen molar-refractivity contribution in [3.8, 4) is 0 Å². The number of likely N-dealkylation sites (N-methyl/N-ethyl adjacent to an activating group) is 1. The predicted octanol–water partition coefficient (Wildman–Crippen LogP) is 1.34. The first-order valence-electron chi connectivity index (χ1n) is 17.6. The van der Waals surface area contributed by atoms with E-state index >= 15 is 0 Å². The van der Waals surface area contributed by atoms with Crippen LogP contribution in [0.1, 0.15) is 55.8 Å². The molecule has 13 atom stereocenters. The van der Waals surface area contributed by atoms with Gasteiger partial charge in [0.15, 0.2) is 0 Å². The Bertz CT molecular complexity index is 1490. The number of ether oxygens (including phenoxy) is 5. The van der Waals surface area contributed by atoms with Crippen LogP contribution in [0.2, 0.25) is 0 Å². The maximum atomic E-state index is 13.9. The lowest BCUT2D eigenvalue weighted by atomic mass is 9.42. The molecule has 0 radical (unpaired) electrons. The number of aliphatic hydroxyl groups is 2. The standard InChI is InChI=1S/C36H51N3O10/c1-6-39-17-33(18-49-31(42)19-9-7-8-10-22(19)38-26(41)12-11-25(37)40)14-13-24(46-3)35-21-15-20-23(45-2)16-34(43,27(21)28(20)47-4)36(44,32(35)39)30(48-5)29(33)35/h7-10,20-21,23-24,27-30,32,43-44H,6,11-18H2,1-5H3,(H2,37,40)(H,38,41)/t20-,21-,23+,24-,27-,28+,29-,30-,32?,33+,34-,35+,36-/m0/s1. The molecule has 7 rings (SSSR count). The fourth-order valence-corrected chi connectivity index (χ4v) is 12.5. The van der Waals surface area contributed by atoms with E-state index in [9.17, 15) is 24.6 Å². The van der Waals surface area contributed by atoms with Crippen LogP contribution in [0.15, 0.2) is 24.3 Å². The molecule has 49 heavy (non-hydrogen) atoms. The van der Waals surface area contributed by atoms with Gasteiger partial charge in [-0.05, 0) is 43.9 Å². The van der Waals surface area contributed by atoms with Crippen molar-refractivity contribution >= 4 is 23.5 Å². The summed E-state index contributed by atoms with van der Waals surface area (Å²) in [5.74, 6) is -2.33. The highest BCUT2D eigenvalue weighted by molar-refractivity contribution is 6.01. The monoisotopic (exact) mass is 685 g/mol. The van der Waals surface area contributed by atoms with Crippen molar-refractivity contribution in [1.29, 1.82) is 0 Å². The third kappa shape index (κ3) is 4.45. The number of primary amides is 1. The summed E-state index contributed by atoms with van der Waals surface area (Å²) in [7, 11) is 6.68. The normalized spacial score (nSPS) is 44.4. The maximum absolute atomic E-state index is 13.9. The Morgan fingerprint density at radius 1 is 1.04 bits per heavy atom. The predicted molar refractivity (Wildman–Crippen MR) is 175 cm³/mol. The van der Waals surface area contributed by atoms with Crippen LogP contribution in [0, 0.1) is 34.5 Å². The van der Waals surface area contributed by atoms with Crippen LogP contribution < -0.4 is 11.1 Å². The lowest BCUT2D eigenvalue weighted by Gasteiger charge is -2.70. The molecule has 13 nitrogen and oxygen atoms in total. The van der Waals surface area contributed by atoms with E-state index in [1.807, 2.05) is 0 Å². The number of piperidine rings is 1. The molecule has 5 N–H and O–H groups in total. The molecular weight excluding hydrogens is 634 g/mol. The summed E-state index contributed by atoms with van der Waals surface area (Å²) >= 11 is 0. The van der Waals surface area contributed by atoms with Gasteiger partial charge in [-0.25, -0.2) is 4.79 Å². The lowest BCUT2D eigenvalue weighted by molar-refractivity contribution is -0.320. The van der Waals surface area contributed by atoms with Crippen molar-refractivity contribution in [2.45, 2.75) is 87.1 Å². The summed E-state index contributed by atoms with van der Waals surface area (Å²) in [4.78, 5) is 39.9. The first-order valence-corrected chi connectivity index (χ1v) is 17.6. The number of nitrogens with one attached hydrogen (secondary N) is 1. The summed E-state index contributed by atoms with van der Waals surface area (Å²) < 4.78 is 31.3. The van der Waals surface area contributed by atoms with Gasteiger partial charge in [0.2, 0.25) is 11.8 Å². The zero-order valence-corrected chi connectivity index (χ0v) is 29.1. The number of carbonyl (C=O) groups is 3. The number of hydrogen-bond donors (Lipinski definition) is 4. The number of rotatable bonds is 12. The Balaban J connectivity index is 1.29. The average molecular weight is 686 g/mol. The Hall–Kier alpha value is -2.65. The SMILES string of the molecule is CCN1C[C@@]2(COC(=O)c3ccccc3NC(=O)CCC(N)=O)CC[C@H](OC)[C@@]34C1[C@@](O)([C@@H](OC)[C@@H]23)[C@]1(O)C[C@@H](OC)[C@@H]2C[C@H]4[C@H]1[C@@H]2OC. The summed E-state index contributed by atoms with van der Waals surface area (Å²) in [5.41, 5.74) is 1.14. The number of nitrogens with two attached hydrogens (primary N) is 1. The summed E-state index contributed by atoms with van der Waals surface area (Å²) in [6.07, 6.45) is 0.513. The molecule has 6 fully saturated rings. The van der Waals surface area contributed by atoms with Crippen molar-refractivity contribution in [2.24, 2.45) is 40.2 Å². The van der Waals surface area contributed by atoms with Crippen LogP contribution in [-0.2, 0) is 33.3 Å². The van der Waals surface area contributed by atoms with Gasteiger partial charge in [0.05, 0.1) is 48.3 Å². The summed E-state index contributed by atoms with van der Waals surface area (Å²) in [6, 6.07) is 6.14. The van der Waals surface area contributed by atoms with E-state index < -0.39 is 52.0 Å². The van der Waals surface area contributed by atoms with Crippen LogP contribution in [0.4, 0.5) is 5.69 Å². The molecule has 270 valence electrons. The second-order valence-corrected chi connectivity index (χ2v) is 15.3. The van der Waals surface area contributed by atoms with Crippen molar-refractivity contribution in [3.63, 3.8) is 0 Å². The number of esters is 1. The number of benzene rings is 1. The van der Waals surface area contributed by atoms with Gasteiger partial charge in [-0.3, -0.25) is 14.5 Å². The molecule has 13 heteroatoms. The number of nitrogens with zero attached hydrogens (tertiary/aromatic N) is 1. The minimum Gasteiger partial charge on any atom is -0.461 e. The molecule has 1 spiro atoms. The number of amides is 2. The zero-order chi connectivity index (χ0) is 35.1. The fourth-order valence-electron chi connectivity index (χ4n) is 12.5. The first kappa shape index (κ1) is 34.8. The number of likely N-dealkylation sites (tertiary alicyclic amines) is 1. The minimum absolute atomic E-state index is 0.0424. The van der Waals surface area contributed by atoms with Gasteiger partial charge >= 0.3 is 5.97 Å². The minimum atomic E-state index is -1.69. The number of fused-ring (bicyclic) bond motifs is 2. The second-order valence-electron chi connectivity index (χ2n) is 15.3. The third-order valence-electron chi connectivity index (χ3n) is 13.8. The molecule has 2 amide bonds. The van der Waals surface area contributed by atoms with E-state index in [-0.39, 0.29) is 79.1 Å². The third-order valence-corrected chi connectivity index (χ3v) is 13.8. The van der Waals surface area contributed by atoms with Gasteiger partial charge < -0.3 is 44.9 Å². The molecular formula is C36H51N3O10. The van der Waals surface area contributed by atoms with E-state index in [4.69, 9.17) is 29.4 Å². The summed E-state index contributed by atoms with van der Waals surface area (Å²) in [6.45, 7) is 3.25. The molecule has 1 unspecified atom stereocenters. The number of carbonyl (C=O) groups excluding carboxylic acids is 3. The molecule has 6 aliphatic rings. The van der Waals surface area contributed by atoms with E-state index in [1.54, 1.807) is 52.7 Å². The van der Waals surface area contributed by atoms with Crippen molar-refractivity contribution < 1.29 is 48.3 Å². The highest BCUT2D eigenvalue weighted by atomic mass is 16.5. The van der Waals surface area contributed by atoms with Crippen LogP contribution in [0.25, 0.3) is 0 Å². The Morgan fingerprint density at radius 2 is 1.80 bits per heavy atom. The highest BCUT2D eigenvalue weighted by Gasteiger charge is 2.91. The van der Waals surface area contributed by atoms with Crippen molar-refractivity contribution in [3.05, 3.63) is 29.8 Å². The Labute approximate surface area is 287 Å². The summed E-state index contributed by atoms with van der Waals surface area (Å²) in [5, 5.41) is 29.2. The van der Waals surface area contributed by atoms with Gasteiger partial charge in [-0.2, -0.15) is 0 Å². The molecule has 0 aromatic heterocycles. The molecule has 5 aliphatic carbocycles. The van der Waals surface area contributed by atoms with Crippen LogP contribution in [0.5, 0.6) is 0 Å². The van der Waals surface area contributed by atoms with Crippen LogP contribution in [-0.4, -0.2) is 123 Å². The molecule has 1 aliphatic heterocycles. The van der Waals surface area contributed by atoms with Gasteiger partial charge in [0, 0.05) is 82.8 Å². The molecule has 1 saturated heterocycles. The Kier molecular flexibility index (Phi) is 8.69. The van der Waals surface area contributed by atoms with Gasteiger partial charge in [0.1, 0.15) is 11.2 Å². The van der Waals surface area contributed by atoms with Crippen molar-refractivity contribution in [1.82, 2.24) is 4.90 Å². The number of hydrogen-bond acceptors (Lipinski definition) is 11. The first-order chi connectivity index (χ1) is 23.4. The molecule has 1 aromatic rings. The topological polar surface area (TPSA) is 179 Å². The largest absolute Gasteiger partial charge is 0.461 e. The number of anilines is 1. The van der Waals surface area contributed by atoms with E-state index in [0.29, 0.717) is 25.9 Å². The van der Waals surface area contributed by atoms with Crippen LogP contribution >= 0.6 is 0 Å².